The van der Waals surface area contributed by atoms with E-state index in [1.165, 1.54) is 39.2 Å². The number of fused-ring (bicyclic) bond motifs is 3. The van der Waals surface area contributed by atoms with E-state index in [2.05, 4.69) is 57.3 Å². The predicted molar refractivity (Wildman–Crippen MR) is 269 cm³/mol. The van der Waals surface area contributed by atoms with Gasteiger partial charge in [0.1, 0.15) is 27.4 Å². The van der Waals surface area contributed by atoms with E-state index in [0.29, 0.717) is 35.6 Å². The van der Waals surface area contributed by atoms with Crippen LogP contribution in [0.3, 0.4) is 0 Å². The number of rotatable bonds is 12. The average Bonchev–Trinajstić information content (AvgIpc) is 3.87. The lowest BCUT2D eigenvalue weighted by molar-refractivity contribution is -0.141. The number of imidazole rings is 3. The highest BCUT2D eigenvalue weighted by Crippen LogP contribution is 2.44. The summed E-state index contributed by atoms with van der Waals surface area (Å²) in [7, 11) is 0. The molecule has 0 saturated heterocycles. The summed E-state index contributed by atoms with van der Waals surface area (Å²) in [6.07, 6.45) is 8.77. The van der Waals surface area contributed by atoms with Gasteiger partial charge in [0.25, 0.3) is 0 Å². The SMILES string of the molecule is CC1(CC(=O)Nc2nc3ccc(Cl)nc3n2C2CCC2)CCC1.C[C@H](C(=O)Nc1nc2ccc(C(F)(F)F)nc2n1C1CCC1)C(C)(C)O.Cc1ccc2nc(NC(=O)[C@@H](C)C(C)(C)O)n(C3CCC3)c2n1. The maximum Gasteiger partial charge on any atom is 0.433 e. The van der Waals surface area contributed by atoms with Crippen molar-refractivity contribution in [3.63, 3.8) is 0 Å². The molecule has 72 heavy (non-hydrogen) atoms. The molecule has 6 aromatic rings. The highest BCUT2D eigenvalue weighted by atomic mass is 35.5. The first-order valence-corrected chi connectivity index (χ1v) is 25.4. The molecule has 0 bridgehead atoms. The first-order chi connectivity index (χ1) is 33.8. The first-order valence-electron chi connectivity index (χ1n) is 25.0. The van der Waals surface area contributed by atoms with Crippen LogP contribution in [0.4, 0.5) is 31.0 Å². The maximum absolute atomic E-state index is 13.0. The number of alkyl halides is 3. The van der Waals surface area contributed by atoms with Gasteiger partial charge in [-0.25, -0.2) is 29.9 Å². The normalized spacial score (nSPS) is 18.1. The fraction of sp³-hybridized carbons (Fsp3) is 0.588. The number of aromatic nitrogens is 9. The van der Waals surface area contributed by atoms with Gasteiger partial charge in [-0.05, 0) is 147 Å². The number of halogens is 4. The molecule has 17 nitrogen and oxygen atoms in total. The number of amides is 3. The summed E-state index contributed by atoms with van der Waals surface area (Å²) in [5, 5.41) is 29.1. The number of anilines is 3. The minimum atomic E-state index is -4.55. The summed E-state index contributed by atoms with van der Waals surface area (Å²) < 4.78 is 44.7. The van der Waals surface area contributed by atoms with Crippen LogP contribution < -0.4 is 16.0 Å². The van der Waals surface area contributed by atoms with Crippen molar-refractivity contribution >= 4 is 80.7 Å². The molecule has 5 N–H and O–H groups in total. The molecule has 4 aliphatic rings. The molecule has 4 aliphatic carbocycles. The van der Waals surface area contributed by atoms with Gasteiger partial charge in [0.2, 0.25) is 35.6 Å². The molecule has 10 rings (SSSR count). The van der Waals surface area contributed by atoms with Gasteiger partial charge in [0, 0.05) is 30.2 Å². The van der Waals surface area contributed by atoms with Gasteiger partial charge in [-0.15, -0.1) is 0 Å². The third kappa shape index (κ3) is 11.4. The molecule has 6 heterocycles. The van der Waals surface area contributed by atoms with E-state index >= 15 is 0 Å². The zero-order valence-corrected chi connectivity index (χ0v) is 43.0. The highest BCUT2D eigenvalue weighted by molar-refractivity contribution is 6.29. The summed E-state index contributed by atoms with van der Waals surface area (Å²) in [6, 6.07) is 10.2. The van der Waals surface area contributed by atoms with Crippen LogP contribution in [0, 0.1) is 24.2 Å². The second-order valence-electron chi connectivity index (χ2n) is 21.6. The number of hydrogen-bond acceptors (Lipinski definition) is 11. The lowest BCUT2D eigenvalue weighted by Crippen LogP contribution is -2.38. The number of aryl methyl sites for hydroxylation is 1. The number of hydrogen-bond donors (Lipinski definition) is 5. The van der Waals surface area contributed by atoms with Crippen molar-refractivity contribution < 1.29 is 37.8 Å². The fourth-order valence-electron chi connectivity index (χ4n) is 8.98. The predicted octanol–water partition coefficient (Wildman–Crippen LogP) is 10.7. The standard InChI is InChI=1S/C17H21ClN4O.C17H21F3N4O2.C17H24N4O2/c1-17(8-3-9-17)10-14(23)21-16-19-12-6-7-13(18)20-15(12)22(16)11-4-2-5-11;1-9(16(2,3)26)14(25)23-15-21-11-7-8-12(17(18,19)20)22-13(11)24(15)10-5-4-6-10;1-10-8-9-13-14(18-10)21(12-6-5-7-12)16(19-13)20-15(22)11(2)17(3,4)23/h6-7,11H,2-5,8-10H2,1H3,(H,19,21,23);7-10,26H,4-6H2,1-3H3,(H,21,23,25);8-9,11-12,23H,5-7H2,1-4H3,(H,19,20,22)/t;9-;11-/m.11/s1. The van der Waals surface area contributed by atoms with Gasteiger partial charge in [-0.1, -0.05) is 38.8 Å². The van der Waals surface area contributed by atoms with Crippen LogP contribution in [-0.4, -0.2) is 82.7 Å². The van der Waals surface area contributed by atoms with Crippen LogP contribution in [0.2, 0.25) is 5.15 Å². The Kier molecular flexibility index (Phi) is 14.8. The molecule has 388 valence electrons. The second-order valence-corrected chi connectivity index (χ2v) is 22.0. The van der Waals surface area contributed by atoms with Crippen molar-refractivity contribution in [2.75, 3.05) is 16.0 Å². The second kappa shape index (κ2) is 20.3. The number of nitrogens with one attached hydrogen (secondary N) is 3. The Labute approximate surface area is 421 Å². The number of carbonyl (C=O) groups is 3. The molecular weight excluding hydrogens is 953 g/mol. The summed E-state index contributed by atoms with van der Waals surface area (Å²) in [6.45, 7) is 13.7. The first kappa shape index (κ1) is 52.6. The van der Waals surface area contributed by atoms with Crippen molar-refractivity contribution in [1.82, 2.24) is 43.6 Å². The molecule has 0 radical (unpaired) electrons. The molecule has 0 spiro atoms. The van der Waals surface area contributed by atoms with Crippen LogP contribution in [-0.2, 0) is 20.6 Å². The highest BCUT2D eigenvalue weighted by Gasteiger charge is 2.38. The molecular formula is C51H66ClF3N12O5. The van der Waals surface area contributed by atoms with Crippen molar-refractivity contribution in [3.8, 4) is 0 Å². The van der Waals surface area contributed by atoms with Gasteiger partial charge in [-0.2, -0.15) is 13.2 Å². The summed E-state index contributed by atoms with van der Waals surface area (Å²) in [4.78, 5) is 63.5. The van der Waals surface area contributed by atoms with Gasteiger partial charge < -0.3 is 10.2 Å². The average molecular weight is 1020 g/mol. The van der Waals surface area contributed by atoms with Crippen LogP contribution in [0.25, 0.3) is 33.5 Å². The molecule has 3 amide bonds. The molecule has 4 saturated carbocycles. The van der Waals surface area contributed by atoms with E-state index in [4.69, 9.17) is 11.6 Å². The maximum atomic E-state index is 13.0. The molecule has 4 fully saturated rings. The number of pyridine rings is 3. The monoisotopic (exact) mass is 1020 g/mol. The van der Waals surface area contributed by atoms with E-state index in [1.54, 1.807) is 38.3 Å². The van der Waals surface area contributed by atoms with E-state index in [9.17, 15) is 37.8 Å². The van der Waals surface area contributed by atoms with Crippen molar-refractivity contribution in [1.29, 1.82) is 0 Å². The van der Waals surface area contributed by atoms with Crippen LogP contribution in [0.5, 0.6) is 0 Å². The molecule has 6 aromatic heterocycles. The van der Waals surface area contributed by atoms with E-state index < -0.39 is 40.8 Å². The van der Waals surface area contributed by atoms with Gasteiger partial charge >= 0.3 is 6.18 Å². The summed E-state index contributed by atoms with van der Waals surface area (Å²) >= 11 is 6.05. The van der Waals surface area contributed by atoms with Crippen LogP contribution in [0.1, 0.15) is 161 Å². The lowest BCUT2D eigenvalue weighted by Gasteiger charge is -2.37. The Bertz CT molecular complexity index is 2970. The van der Waals surface area contributed by atoms with Crippen LogP contribution in [0.15, 0.2) is 36.4 Å². The van der Waals surface area contributed by atoms with Gasteiger partial charge in [0.05, 0.1) is 23.0 Å². The van der Waals surface area contributed by atoms with Crippen molar-refractivity contribution in [3.05, 3.63) is 52.9 Å². The minimum Gasteiger partial charge on any atom is -0.390 e. The van der Waals surface area contributed by atoms with Crippen LogP contribution >= 0.6 is 11.6 Å². The Balaban J connectivity index is 0.000000145. The zero-order valence-electron chi connectivity index (χ0n) is 42.2. The Hall–Kier alpha value is -5.73. The zero-order chi connectivity index (χ0) is 52.1. The van der Waals surface area contributed by atoms with Crippen molar-refractivity contribution in [2.45, 2.75) is 174 Å². The smallest absolute Gasteiger partial charge is 0.390 e. The third-order valence-electron chi connectivity index (χ3n) is 15.1. The Morgan fingerprint density at radius 1 is 0.639 bits per heavy atom. The largest absolute Gasteiger partial charge is 0.433 e. The quantitative estimate of drug-likeness (QED) is 0.0726. The number of nitrogens with zero attached hydrogens (tertiary/aromatic N) is 9. The Morgan fingerprint density at radius 2 is 1.04 bits per heavy atom. The lowest BCUT2D eigenvalue weighted by atomic mass is 9.68. The molecule has 0 aliphatic heterocycles. The minimum absolute atomic E-state index is 0.0502. The number of carbonyl (C=O) groups excluding carboxylic acids is 3. The number of aliphatic hydroxyl groups is 2. The molecule has 21 heteroatoms. The van der Waals surface area contributed by atoms with E-state index in [-0.39, 0.29) is 40.4 Å². The van der Waals surface area contributed by atoms with E-state index in [1.807, 2.05) is 29.7 Å². The summed E-state index contributed by atoms with van der Waals surface area (Å²) in [5.74, 6) is -0.583. The molecule has 0 aromatic carbocycles. The van der Waals surface area contributed by atoms with E-state index in [0.717, 1.165) is 91.9 Å². The summed E-state index contributed by atoms with van der Waals surface area (Å²) in [5.41, 5.74) is 1.35. The molecule has 0 unspecified atom stereocenters. The molecule has 2 atom stereocenters. The van der Waals surface area contributed by atoms with Gasteiger partial charge in [0.15, 0.2) is 16.9 Å². The van der Waals surface area contributed by atoms with Crippen molar-refractivity contribution in [2.24, 2.45) is 17.3 Å². The topological polar surface area (TPSA) is 220 Å². The Morgan fingerprint density at radius 3 is 1.43 bits per heavy atom. The van der Waals surface area contributed by atoms with Gasteiger partial charge in [-0.3, -0.25) is 44.0 Å². The fourth-order valence-corrected chi connectivity index (χ4v) is 9.12. The third-order valence-corrected chi connectivity index (χ3v) is 15.3.